The second-order valence-electron chi connectivity index (χ2n) is 4.81. The van der Waals surface area contributed by atoms with E-state index >= 15 is 0 Å². The molecule has 1 aromatic carbocycles. The molecule has 1 aromatic rings. The van der Waals surface area contributed by atoms with Crippen molar-refractivity contribution in [2.24, 2.45) is 5.41 Å². The largest absolute Gasteiger partial charge is 0.492 e. The fraction of sp³-hybridized carbons (Fsp3) is 0.538. The van der Waals surface area contributed by atoms with Crippen LogP contribution in [0, 0.1) is 19.3 Å². The van der Waals surface area contributed by atoms with Crippen molar-refractivity contribution in [3.8, 4) is 5.75 Å². The van der Waals surface area contributed by atoms with Crippen LogP contribution in [0.5, 0.6) is 5.75 Å². The van der Waals surface area contributed by atoms with Crippen molar-refractivity contribution in [2.45, 2.75) is 27.7 Å². The van der Waals surface area contributed by atoms with Crippen LogP contribution in [0.4, 0.5) is 0 Å². The van der Waals surface area contributed by atoms with Crippen molar-refractivity contribution in [3.63, 3.8) is 0 Å². The number of ether oxygens (including phenoxy) is 1. The van der Waals surface area contributed by atoms with E-state index in [1.807, 2.05) is 0 Å². The average Bonchev–Trinajstić information content (AvgIpc) is 2.17. The SMILES string of the molecule is Cc1cccc(C)c1OCC(C)(C)CBr. The molecule has 0 aromatic heterocycles. The first-order valence-corrected chi connectivity index (χ1v) is 6.33. The molecule has 0 saturated heterocycles. The molecule has 1 rings (SSSR count). The minimum Gasteiger partial charge on any atom is -0.492 e. The minimum atomic E-state index is 0.175. The van der Waals surface area contributed by atoms with Gasteiger partial charge < -0.3 is 4.74 Å². The van der Waals surface area contributed by atoms with E-state index in [1.165, 1.54) is 11.1 Å². The number of para-hydroxylation sites is 1. The van der Waals surface area contributed by atoms with Gasteiger partial charge in [-0.2, -0.15) is 0 Å². The normalized spacial score (nSPS) is 11.5. The Morgan fingerprint density at radius 2 is 1.73 bits per heavy atom. The average molecular weight is 271 g/mol. The second-order valence-corrected chi connectivity index (χ2v) is 5.37. The quantitative estimate of drug-likeness (QED) is 0.749. The van der Waals surface area contributed by atoms with Crippen molar-refractivity contribution in [3.05, 3.63) is 29.3 Å². The van der Waals surface area contributed by atoms with Crippen molar-refractivity contribution in [1.82, 2.24) is 0 Å². The minimum absolute atomic E-state index is 0.175. The van der Waals surface area contributed by atoms with Crippen molar-refractivity contribution >= 4 is 15.9 Å². The third kappa shape index (κ3) is 3.53. The summed E-state index contributed by atoms with van der Waals surface area (Å²) in [4.78, 5) is 0. The number of halogens is 1. The van der Waals surface area contributed by atoms with Crippen LogP contribution in [0.1, 0.15) is 25.0 Å². The van der Waals surface area contributed by atoms with Gasteiger partial charge in [-0.05, 0) is 25.0 Å². The maximum absolute atomic E-state index is 5.89. The van der Waals surface area contributed by atoms with E-state index in [-0.39, 0.29) is 5.41 Å². The molecule has 0 aliphatic heterocycles. The Kier molecular flexibility index (Phi) is 4.21. The van der Waals surface area contributed by atoms with Crippen LogP contribution in [-0.4, -0.2) is 11.9 Å². The van der Waals surface area contributed by atoms with Gasteiger partial charge in [-0.1, -0.05) is 48.0 Å². The molecule has 2 heteroatoms. The van der Waals surface area contributed by atoms with Crippen molar-refractivity contribution in [2.75, 3.05) is 11.9 Å². The van der Waals surface area contributed by atoms with Crippen LogP contribution < -0.4 is 4.74 Å². The number of aryl methyl sites for hydroxylation is 2. The maximum Gasteiger partial charge on any atom is 0.125 e. The number of alkyl halides is 1. The Morgan fingerprint density at radius 1 is 1.20 bits per heavy atom. The Bertz CT molecular complexity index is 311. The number of hydrogen-bond acceptors (Lipinski definition) is 1. The molecule has 0 unspecified atom stereocenters. The molecule has 0 N–H and O–H groups in total. The lowest BCUT2D eigenvalue weighted by atomic mass is 9.98. The molecule has 15 heavy (non-hydrogen) atoms. The summed E-state index contributed by atoms with van der Waals surface area (Å²) in [5.41, 5.74) is 2.59. The first-order valence-electron chi connectivity index (χ1n) is 5.21. The van der Waals surface area contributed by atoms with Crippen LogP contribution in [0.25, 0.3) is 0 Å². The van der Waals surface area contributed by atoms with Crippen LogP contribution in [0.15, 0.2) is 18.2 Å². The fourth-order valence-electron chi connectivity index (χ4n) is 1.33. The van der Waals surface area contributed by atoms with E-state index in [2.05, 4.69) is 61.8 Å². The molecule has 0 atom stereocenters. The highest BCUT2D eigenvalue weighted by atomic mass is 79.9. The van der Waals surface area contributed by atoms with Gasteiger partial charge in [0.25, 0.3) is 0 Å². The van der Waals surface area contributed by atoms with Crippen molar-refractivity contribution < 1.29 is 4.74 Å². The summed E-state index contributed by atoms with van der Waals surface area (Å²) in [6.45, 7) is 9.29. The van der Waals surface area contributed by atoms with Gasteiger partial charge >= 0.3 is 0 Å². The Morgan fingerprint density at radius 3 is 2.20 bits per heavy atom. The first-order chi connectivity index (χ1) is 6.96. The molecular formula is C13H19BrO. The molecular weight excluding hydrogens is 252 g/mol. The lowest BCUT2D eigenvalue weighted by Gasteiger charge is -2.23. The number of hydrogen-bond donors (Lipinski definition) is 0. The van der Waals surface area contributed by atoms with Gasteiger partial charge in [-0.25, -0.2) is 0 Å². The lowest BCUT2D eigenvalue weighted by Crippen LogP contribution is -2.23. The molecule has 0 bridgehead atoms. The zero-order valence-electron chi connectivity index (χ0n) is 9.93. The monoisotopic (exact) mass is 270 g/mol. The van der Waals surface area contributed by atoms with Gasteiger partial charge in [-0.15, -0.1) is 0 Å². The zero-order chi connectivity index (χ0) is 11.5. The molecule has 0 radical (unpaired) electrons. The Balaban J connectivity index is 2.73. The first kappa shape index (κ1) is 12.6. The molecule has 0 aliphatic carbocycles. The molecule has 0 heterocycles. The number of benzene rings is 1. The number of rotatable bonds is 4. The smallest absolute Gasteiger partial charge is 0.125 e. The third-order valence-corrected chi connectivity index (χ3v) is 3.90. The van der Waals surface area contributed by atoms with Crippen LogP contribution in [0.2, 0.25) is 0 Å². The van der Waals surface area contributed by atoms with Crippen LogP contribution in [0.3, 0.4) is 0 Å². The van der Waals surface area contributed by atoms with Gasteiger partial charge in [0, 0.05) is 10.7 Å². The van der Waals surface area contributed by atoms with Gasteiger partial charge in [0.1, 0.15) is 5.75 Å². The van der Waals surface area contributed by atoms with Gasteiger partial charge in [-0.3, -0.25) is 0 Å². The van der Waals surface area contributed by atoms with Crippen LogP contribution >= 0.6 is 15.9 Å². The lowest BCUT2D eigenvalue weighted by molar-refractivity contribution is 0.201. The van der Waals surface area contributed by atoms with Crippen LogP contribution in [-0.2, 0) is 0 Å². The van der Waals surface area contributed by atoms with E-state index < -0.39 is 0 Å². The van der Waals surface area contributed by atoms with E-state index in [4.69, 9.17) is 4.74 Å². The second kappa shape index (κ2) is 5.02. The van der Waals surface area contributed by atoms with Gasteiger partial charge in [0.2, 0.25) is 0 Å². The van der Waals surface area contributed by atoms with E-state index in [0.717, 1.165) is 17.7 Å². The summed E-state index contributed by atoms with van der Waals surface area (Å²) in [6, 6.07) is 6.24. The highest BCUT2D eigenvalue weighted by Crippen LogP contribution is 2.26. The van der Waals surface area contributed by atoms with Gasteiger partial charge in [0.05, 0.1) is 6.61 Å². The van der Waals surface area contributed by atoms with E-state index in [1.54, 1.807) is 0 Å². The zero-order valence-corrected chi connectivity index (χ0v) is 11.5. The molecule has 0 aliphatic rings. The molecule has 84 valence electrons. The van der Waals surface area contributed by atoms with Gasteiger partial charge in [0.15, 0.2) is 0 Å². The molecule has 1 nitrogen and oxygen atoms in total. The summed E-state index contributed by atoms with van der Waals surface area (Å²) < 4.78 is 5.89. The summed E-state index contributed by atoms with van der Waals surface area (Å²) in [7, 11) is 0. The van der Waals surface area contributed by atoms with E-state index in [0.29, 0.717) is 0 Å². The fourth-order valence-corrected chi connectivity index (χ4v) is 1.49. The molecule has 0 fully saturated rings. The summed E-state index contributed by atoms with van der Waals surface area (Å²) in [5.74, 6) is 1.03. The standard InChI is InChI=1S/C13H19BrO/c1-10-6-5-7-11(2)12(10)15-9-13(3,4)8-14/h5-7H,8-9H2,1-4H3. The Labute approximate surface area is 101 Å². The highest BCUT2D eigenvalue weighted by molar-refractivity contribution is 9.09. The Hall–Kier alpha value is -0.500. The molecule has 0 saturated carbocycles. The summed E-state index contributed by atoms with van der Waals surface area (Å²) >= 11 is 3.50. The topological polar surface area (TPSA) is 9.23 Å². The summed E-state index contributed by atoms with van der Waals surface area (Å²) in [6.07, 6.45) is 0. The van der Waals surface area contributed by atoms with Crippen molar-refractivity contribution in [1.29, 1.82) is 0 Å². The molecule has 0 amide bonds. The molecule has 0 spiro atoms. The third-order valence-electron chi connectivity index (χ3n) is 2.38. The van der Waals surface area contributed by atoms with E-state index in [9.17, 15) is 0 Å². The predicted octanol–water partition coefficient (Wildman–Crippen LogP) is 4.10. The summed E-state index contributed by atoms with van der Waals surface area (Å²) in [5, 5.41) is 0.949. The highest BCUT2D eigenvalue weighted by Gasteiger charge is 2.17. The maximum atomic E-state index is 5.89. The predicted molar refractivity (Wildman–Crippen MR) is 69.0 cm³/mol.